The van der Waals surface area contributed by atoms with Crippen molar-refractivity contribution in [1.82, 2.24) is 9.55 Å². The first-order valence-electron chi connectivity index (χ1n) is 9.63. The average Bonchev–Trinajstić information content (AvgIpc) is 3.12. The molecule has 1 N–H and O–H groups in total. The lowest BCUT2D eigenvalue weighted by molar-refractivity contribution is -0.183. The summed E-state index contributed by atoms with van der Waals surface area (Å²) in [6, 6.07) is 11.1. The van der Waals surface area contributed by atoms with Gasteiger partial charge in [0.1, 0.15) is 19.8 Å². The Hall–Kier alpha value is -3.56. The number of aliphatic hydroxyl groups is 1. The van der Waals surface area contributed by atoms with Gasteiger partial charge in [-0.3, -0.25) is 4.79 Å². The van der Waals surface area contributed by atoms with Crippen LogP contribution in [0, 0.1) is 0 Å². The first-order valence-corrected chi connectivity index (χ1v) is 9.63. The van der Waals surface area contributed by atoms with Crippen molar-refractivity contribution in [2.24, 2.45) is 0 Å². The largest absolute Gasteiger partial charge is 0.460 e. The lowest BCUT2D eigenvalue weighted by atomic mass is 9.88. The summed E-state index contributed by atoms with van der Waals surface area (Å²) in [6.07, 6.45) is 0. The number of aromatic nitrogens is 2. The molecular formula is C22H18N2O7. The number of ether oxygens (including phenoxy) is 3. The molecule has 1 unspecified atom stereocenters. The highest BCUT2D eigenvalue weighted by Gasteiger charge is 2.48. The summed E-state index contributed by atoms with van der Waals surface area (Å²) < 4.78 is 16.3. The zero-order chi connectivity index (χ0) is 21.8. The lowest BCUT2D eigenvalue weighted by Crippen LogP contribution is -2.48. The second kappa shape index (κ2) is 7.00. The van der Waals surface area contributed by atoms with E-state index in [4.69, 9.17) is 19.2 Å². The van der Waals surface area contributed by atoms with Crippen LogP contribution in [0.4, 0.5) is 0 Å². The van der Waals surface area contributed by atoms with E-state index in [-0.39, 0.29) is 29.9 Å². The minimum atomic E-state index is -2.30. The van der Waals surface area contributed by atoms with Crippen molar-refractivity contribution in [1.29, 1.82) is 0 Å². The van der Waals surface area contributed by atoms with E-state index < -0.39 is 24.1 Å². The molecule has 5 rings (SSSR count). The Morgan fingerprint density at radius 3 is 2.90 bits per heavy atom. The zero-order valence-corrected chi connectivity index (χ0v) is 16.6. The predicted octanol–water partition coefficient (Wildman–Crippen LogP) is 0.859. The number of rotatable bonds is 4. The van der Waals surface area contributed by atoms with Gasteiger partial charge < -0.3 is 23.9 Å². The topological polar surface area (TPSA) is 117 Å². The number of hydrogen-bond acceptors (Lipinski definition) is 8. The summed E-state index contributed by atoms with van der Waals surface area (Å²) in [7, 11) is 1.32. The molecule has 9 nitrogen and oxygen atoms in total. The maximum Gasteiger partial charge on any atom is 0.346 e. The van der Waals surface area contributed by atoms with Crippen molar-refractivity contribution in [2.45, 2.75) is 18.8 Å². The van der Waals surface area contributed by atoms with Crippen LogP contribution >= 0.6 is 0 Å². The van der Waals surface area contributed by atoms with E-state index in [9.17, 15) is 19.5 Å². The van der Waals surface area contributed by atoms with Gasteiger partial charge in [-0.2, -0.15) is 0 Å². The number of carbonyl (C=O) groups is 2. The molecule has 158 valence electrons. The third-order valence-corrected chi connectivity index (χ3v) is 5.61. The van der Waals surface area contributed by atoms with Crippen LogP contribution in [-0.2, 0) is 42.6 Å². The normalized spacial score (nSPS) is 18.8. The van der Waals surface area contributed by atoms with Gasteiger partial charge in [0.25, 0.3) is 5.56 Å². The van der Waals surface area contributed by atoms with Crippen LogP contribution in [0.5, 0.6) is 0 Å². The Labute approximate surface area is 175 Å². The standard InChI is InChI=1S/C22H18N2O7/c1-29-10-18(25)31-11-22(28)15-7-17-19-13(6-12-4-2-3-5-16(12)23-19)8-24(17)20(26)14(15)9-30-21(22)27/h2-7,28H,8-11H2,1H3. The highest BCUT2D eigenvalue weighted by molar-refractivity contribution is 5.86. The van der Waals surface area contributed by atoms with Gasteiger partial charge in [-0.15, -0.1) is 0 Å². The number of benzene rings is 1. The van der Waals surface area contributed by atoms with Crippen molar-refractivity contribution in [3.8, 4) is 11.4 Å². The number of carbonyl (C=O) groups excluding carboxylic acids is 2. The summed E-state index contributed by atoms with van der Waals surface area (Å²) in [4.78, 5) is 42.1. The molecule has 0 spiro atoms. The molecule has 0 bridgehead atoms. The Kier molecular flexibility index (Phi) is 4.38. The summed E-state index contributed by atoms with van der Waals surface area (Å²) in [6.45, 7) is -0.978. The van der Waals surface area contributed by atoms with Gasteiger partial charge in [-0.25, -0.2) is 14.6 Å². The van der Waals surface area contributed by atoms with E-state index in [0.717, 1.165) is 16.5 Å². The first kappa shape index (κ1) is 19.4. The van der Waals surface area contributed by atoms with Crippen molar-refractivity contribution in [3.63, 3.8) is 0 Å². The summed E-state index contributed by atoms with van der Waals surface area (Å²) in [5.41, 5.74) is 0.244. The molecule has 1 atom stereocenters. The molecule has 0 radical (unpaired) electrons. The monoisotopic (exact) mass is 422 g/mol. The van der Waals surface area contributed by atoms with E-state index in [0.29, 0.717) is 17.9 Å². The molecule has 0 fully saturated rings. The maximum absolute atomic E-state index is 13.2. The van der Waals surface area contributed by atoms with E-state index in [1.807, 2.05) is 30.3 Å². The fourth-order valence-electron chi connectivity index (χ4n) is 4.07. The molecule has 0 amide bonds. The number of pyridine rings is 2. The van der Waals surface area contributed by atoms with Crippen LogP contribution in [0.2, 0.25) is 0 Å². The third kappa shape index (κ3) is 2.93. The Bertz CT molecular complexity index is 1310. The SMILES string of the molecule is COCC(=O)OCC1(O)C(=O)OCc2c1cc1n(c2=O)Cc2cc3ccccc3nc2-1. The Morgan fingerprint density at radius 1 is 1.29 bits per heavy atom. The third-order valence-electron chi connectivity index (χ3n) is 5.61. The molecule has 0 saturated heterocycles. The number of nitrogens with zero attached hydrogens (tertiary/aromatic N) is 2. The maximum atomic E-state index is 13.2. The molecule has 0 saturated carbocycles. The summed E-state index contributed by atoms with van der Waals surface area (Å²) in [5, 5.41) is 12.1. The van der Waals surface area contributed by atoms with Crippen LogP contribution in [0.3, 0.4) is 0 Å². The van der Waals surface area contributed by atoms with E-state index in [1.165, 1.54) is 7.11 Å². The fourth-order valence-corrected chi connectivity index (χ4v) is 4.07. The van der Waals surface area contributed by atoms with Crippen LogP contribution in [-0.4, -0.2) is 46.9 Å². The second-order valence-electron chi connectivity index (χ2n) is 7.53. The highest BCUT2D eigenvalue weighted by Crippen LogP contribution is 2.37. The molecular weight excluding hydrogens is 404 g/mol. The van der Waals surface area contributed by atoms with Gasteiger partial charge in [-0.1, -0.05) is 18.2 Å². The zero-order valence-electron chi connectivity index (χ0n) is 16.6. The van der Waals surface area contributed by atoms with Gasteiger partial charge in [0, 0.05) is 23.6 Å². The molecule has 0 aliphatic carbocycles. The van der Waals surface area contributed by atoms with Crippen molar-refractivity contribution < 1.29 is 28.9 Å². The first-order chi connectivity index (χ1) is 14.9. The molecule has 2 aliphatic rings. The lowest BCUT2D eigenvalue weighted by Gasteiger charge is -2.32. The van der Waals surface area contributed by atoms with Gasteiger partial charge in [0.2, 0.25) is 5.60 Å². The molecule has 2 aliphatic heterocycles. The summed E-state index contributed by atoms with van der Waals surface area (Å²) in [5.74, 6) is -1.74. The smallest absolute Gasteiger partial charge is 0.346 e. The van der Waals surface area contributed by atoms with Crippen molar-refractivity contribution >= 4 is 22.8 Å². The van der Waals surface area contributed by atoms with Gasteiger partial charge in [-0.05, 0) is 18.2 Å². The van der Waals surface area contributed by atoms with E-state index in [1.54, 1.807) is 10.6 Å². The summed E-state index contributed by atoms with van der Waals surface area (Å²) >= 11 is 0. The Balaban J connectivity index is 1.64. The van der Waals surface area contributed by atoms with Crippen LogP contribution in [0.15, 0.2) is 41.2 Å². The van der Waals surface area contributed by atoms with Gasteiger partial charge in [0.05, 0.1) is 29.0 Å². The van der Waals surface area contributed by atoms with Crippen LogP contribution in [0.25, 0.3) is 22.3 Å². The number of methoxy groups -OCH3 is 1. The number of fused-ring (bicyclic) bond motifs is 5. The Morgan fingerprint density at radius 2 is 2.10 bits per heavy atom. The van der Waals surface area contributed by atoms with E-state index >= 15 is 0 Å². The highest BCUT2D eigenvalue weighted by atomic mass is 16.6. The van der Waals surface area contributed by atoms with Crippen molar-refractivity contribution in [3.05, 3.63) is 63.4 Å². The molecule has 31 heavy (non-hydrogen) atoms. The molecule has 1 aromatic carbocycles. The number of cyclic esters (lactones) is 1. The quantitative estimate of drug-likeness (QED) is 0.482. The minimum Gasteiger partial charge on any atom is -0.460 e. The second-order valence-corrected chi connectivity index (χ2v) is 7.53. The molecule has 2 aromatic heterocycles. The molecule has 3 aromatic rings. The van der Waals surface area contributed by atoms with Crippen molar-refractivity contribution in [2.75, 3.05) is 20.3 Å². The fraction of sp³-hybridized carbons (Fsp3) is 0.273. The van der Waals surface area contributed by atoms with Gasteiger partial charge >= 0.3 is 11.9 Å². The number of esters is 2. The van der Waals surface area contributed by atoms with Crippen LogP contribution in [0.1, 0.15) is 16.7 Å². The average molecular weight is 422 g/mol. The number of hydrogen-bond donors (Lipinski definition) is 1. The van der Waals surface area contributed by atoms with Crippen LogP contribution < -0.4 is 5.56 Å². The molecule has 4 heterocycles. The van der Waals surface area contributed by atoms with Gasteiger partial charge in [0.15, 0.2) is 0 Å². The molecule has 9 heteroatoms. The van der Waals surface area contributed by atoms with E-state index in [2.05, 4.69) is 0 Å². The number of para-hydroxylation sites is 1. The predicted molar refractivity (Wildman–Crippen MR) is 107 cm³/mol. The minimum absolute atomic E-state index is 0.0630.